The Morgan fingerprint density at radius 2 is 1.79 bits per heavy atom. The van der Waals surface area contributed by atoms with Gasteiger partial charge in [0.05, 0.1) is 5.69 Å². The molecule has 0 saturated heterocycles. The van der Waals surface area contributed by atoms with Gasteiger partial charge in [-0.05, 0) is 65.2 Å². The van der Waals surface area contributed by atoms with E-state index in [0.717, 1.165) is 21.4 Å². The minimum atomic E-state index is -0.114. The molecule has 2 aromatic rings. The van der Waals surface area contributed by atoms with Crippen LogP contribution in [0.25, 0.3) is 0 Å². The summed E-state index contributed by atoms with van der Waals surface area (Å²) in [6.07, 6.45) is 0.230. The number of benzene rings is 2. The average molecular weight is 389 g/mol. The Labute approximate surface area is 151 Å². The first-order valence-electron chi connectivity index (χ1n) is 7.78. The Morgan fingerprint density at radius 3 is 2.42 bits per heavy atom. The van der Waals surface area contributed by atoms with Crippen LogP contribution in [0.15, 0.2) is 46.9 Å². The van der Waals surface area contributed by atoms with E-state index in [1.807, 2.05) is 56.3 Å². The topological polar surface area (TPSA) is 49.4 Å². The molecule has 0 aromatic heterocycles. The van der Waals surface area contributed by atoms with Gasteiger partial charge in [0, 0.05) is 30.0 Å². The number of halogens is 1. The molecule has 4 nitrogen and oxygen atoms in total. The first-order chi connectivity index (χ1) is 11.4. The van der Waals surface area contributed by atoms with Crippen LogP contribution in [0.5, 0.6) is 0 Å². The second-order valence-electron chi connectivity index (χ2n) is 5.72. The third kappa shape index (κ3) is 4.68. The molecular formula is C19H21BrN2O2. The van der Waals surface area contributed by atoms with E-state index < -0.39 is 0 Å². The van der Waals surface area contributed by atoms with Crippen LogP contribution in [0.1, 0.15) is 24.5 Å². The summed E-state index contributed by atoms with van der Waals surface area (Å²) in [5.74, 6) is -0.211. The summed E-state index contributed by atoms with van der Waals surface area (Å²) in [7, 11) is 0. The summed E-state index contributed by atoms with van der Waals surface area (Å²) in [5.41, 5.74) is 3.86. The van der Waals surface area contributed by atoms with Gasteiger partial charge in [-0.2, -0.15) is 0 Å². The molecule has 5 heteroatoms. The summed E-state index contributed by atoms with van der Waals surface area (Å²) >= 11 is 3.45. The summed E-state index contributed by atoms with van der Waals surface area (Å²) in [6.45, 7) is 5.87. The van der Waals surface area contributed by atoms with Gasteiger partial charge in [-0.25, -0.2) is 0 Å². The molecule has 24 heavy (non-hydrogen) atoms. The predicted octanol–water partition coefficient (Wildman–Crippen LogP) is 4.45. The zero-order valence-corrected chi connectivity index (χ0v) is 15.7. The highest BCUT2D eigenvalue weighted by molar-refractivity contribution is 9.10. The van der Waals surface area contributed by atoms with E-state index in [-0.39, 0.29) is 18.2 Å². The molecule has 0 atom stereocenters. The molecule has 0 heterocycles. The molecule has 0 fully saturated rings. The Balaban J connectivity index is 2.01. The molecule has 0 aliphatic carbocycles. The number of hydrogen-bond acceptors (Lipinski definition) is 2. The van der Waals surface area contributed by atoms with Gasteiger partial charge in [0.1, 0.15) is 0 Å². The van der Waals surface area contributed by atoms with Gasteiger partial charge in [0.25, 0.3) is 0 Å². The minimum absolute atomic E-state index is 0.0964. The van der Waals surface area contributed by atoms with Crippen molar-refractivity contribution in [1.82, 2.24) is 0 Å². The number of nitrogens with one attached hydrogen (secondary N) is 1. The maximum atomic E-state index is 12.2. The van der Waals surface area contributed by atoms with Crippen molar-refractivity contribution in [3.05, 3.63) is 58.1 Å². The van der Waals surface area contributed by atoms with Crippen LogP contribution in [0.3, 0.4) is 0 Å². The molecule has 2 rings (SSSR count). The van der Waals surface area contributed by atoms with Crippen LogP contribution >= 0.6 is 15.9 Å². The quantitative estimate of drug-likeness (QED) is 0.822. The minimum Gasteiger partial charge on any atom is -0.326 e. The number of anilines is 2. The number of amides is 2. The highest BCUT2D eigenvalue weighted by atomic mass is 79.9. The predicted molar refractivity (Wildman–Crippen MR) is 101 cm³/mol. The van der Waals surface area contributed by atoms with Crippen molar-refractivity contribution in [2.24, 2.45) is 0 Å². The van der Waals surface area contributed by atoms with E-state index >= 15 is 0 Å². The largest absolute Gasteiger partial charge is 0.326 e. The third-order valence-electron chi connectivity index (χ3n) is 3.88. The van der Waals surface area contributed by atoms with Gasteiger partial charge in [-0.3, -0.25) is 9.59 Å². The highest BCUT2D eigenvalue weighted by Gasteiger charge is 2.15. The van der Waals surface area contributed by atoms with E-state index in [4.69, 9.17) is 0 Å². The van der Waals surface area contributed by atoms with Crippen molar-refractivity contribution >= 4 is 39.1 Å². The maximum absolute atomic E-state index is 12.2. The molecule has 1 N–H and O–H groups in total. The van der Waals surface area contributed by atoms with Crippen LogP contribution in [-0.2, 0) is 9.59 Å². The van der Waals surface area contributed by atoms with E-state index in [1.54, 1.807) is 4.90 Å². The Bertz CT molecular complexity index is 759. The number of aryl methyl sites for hydroxylation is 2. The number of para-hydroxylation sites is 1. The van der Waals surface area contributed by atoms with Crippen molar-refractivity contribution in [2.45, 2.75) is 27.2 Å². The van der Waals surface area contributed by atoms with Crippen LogP contribution in [0.4, 0.5) is 11.4 Å². The van der Waals surface area contributed by atoms with Gasteiger partial charge in [-0.1, -0.05) is 18.2 Å². The summed E-state index contributed by atoms with van der Waals surface area (Å²) < 4.78 is 0.828. The lowest BCUT2D eigenvalue weighted by Crippen LogP contribution is -2.32. The smallest absolute Gasteiger partial charge is 0.226 e. The molecule has 0 saturated carbocycles. The first kappa shape index (κ1) is 18.2. The number of rotatable bonds is 5. The number of carbonyl (C=O) groups is 2. The summed E-state index contributed by atoms with van der Waals surface area (Å²) in [5, 5.41) is 2.88. The number of hydrogen-bond donors (Lipinski definition) is 1. The van der Waals surface area contributed by atoms with Crippen molar-refractivity contribution in [1.29, 1.82) is 0 Å². The van der Waals surface area contributed by atoms with E-state index in [2.05, 4.69) is 21.2 Å². The van der Waals surface area contributed by atoms with Crippen LogP contribution < -0.4 is 10.2 Å². The first-order valence-corrected chi connectivity index (χ1v) is 8.57. The van der Waals surface area contributed by atoms with Crippen LogP contribution in [-0.4, -0.2) is 18.4 Å². The van der Waals surface area contributed by atoms with Gasteiger partial charge < -0.3 is 10.2 Å². The number of carbonyl (C=O) groups excluding carboxylic acids is 2. The average Bonchev–Trinajstić information content (AvgIpc) is 2.52. The second kappa shape index (κ2) is 8.11. The van der Waals surface area contributed by atoms with Crippen molar-refractivity contribution in [2.75, 3.05) is 16.8 Å². The molecule has 0 aliphatic heterocycles. The fourth-order valence-corrected chi connectivity index (χ4v) is 2.87. The van der Waals surface area contributed by atoms with Crippen molar-refractivity contribution in [3.8, 4) is 0 Å². The number of nitrogens with zero attached hydrogens (tertiary/aromatic N) is 1. The lowest BCUT2D eigenvalue weighted by molar-refractivity contribution is -0.117. The molecule has 0 spiro atoms. The SMILES string of the molecule is CC(=O)N(CCC(=O)Nc1ccc(C)c(C)c1)c1ccccc1Br. The molecule has 126 valence electrons. The fourth-order valence-electron chi connectivity index (χ4n) is 2.37. The lowest BCUT2D eigenvalue weighted by Gasteiger charge is -2.22. The fraction of sp³-hybridized carbons (Fsp3) is 0.263. The third-order valence-corrected chi connectivity index (χ3v) is 4.55. The Morgan fingerprint density at radius 1 is 1.08 bits per heavy atom. The summed E-state index contributed by atoms with van der Waals surface area (Å²) in [4.78, 5) is 25.7. The van der Waals surface area contributed by atoms with Crippen LogP contribution in [0, 0.1) is 13.8 Å². The molecule has 2 amide bonds. The Hall–Kier alpha value is -2.14. The van der Waals surface area contributed by atoms with Crippen molar-refractivity contribution < 1.29 is 9.59 Å². The van der Waals surface area contributed by atoms with Gasteiger partial charge in [0.2, 0.25) is 11.8 Å². The molecule has 0 bridgehead atoms. The standard InChI is InChI=1S/C19H21BrN2O2/c1-13-8-9-16(12-14(13)2)21-19(24)10-11-22(15(3)23)18-7-5-4-6-17(18)20/h4-9,12H,10-11H2,1-3H3,(H,21,24). The van der Waals surface area contributed by atoms with Gasteiger partial charge in [0.15, 0.2) is 0 Å². The van der Waals surface area contributed by atoms with Crippen LogP contribution in [0.2, 0.25) is 0 Å². The van der Waals surface area contributed by atoms with Gasteiger partial charge in [-0.15, -0.1) is 0 Å². The normalized spacial score (nSPS) is 10.3. The lowest BCUT2D eigenvalue weighted by atomic mass is 10.1. The maximum Gasteiger partial charge on any atom is 0.226 e. The Kier molecular flexibility index (Phi) is 6.15. The summed E-state index contributed by atoms with van der Waals surface area (Å²) in [6, 6.07) is 13.3. The van der Waals surface area contributed by atoms with E-state index in [9.17, 15) is 9.59 Å². The van der Waals surface area contributed by atoms with E-state index in [0.29, 0.717) is 6.54 Å². The van der Waals surface area contributed by atoms with Gasteiger partial charge >= 0.3 is 0 Å². The zero-order valence-electron chi connectivity index (χ0n) is 14.1. The van der Waals surface area contributed by atoms with Crippen molar-refractivity contribution in [3.63, 3.8) is 0 Å². The highest BCUT2D eigenvalue weighted by Crippen LogP contribution is 2.26. The van der Waals surface area contributed by atoms with E-state index in [1.165, 1.54) is 12.5 Å². The molecular weight excluding hydrogens is 368 g/mol. The monoisotopic (exact) mass is 388 g/mol. The molecule has 0 unspecified atom stereocenters. The molecule has 0 aliphatic rings. The molecule has 2 aromatic carbocycles. The zero-order chi connectivity index (χ0) is 17.7. The second-order valence-corrected chi connectivity index (χ2v) is 6.57. The molecule has 0 radical (unpaired) electrons.